The van der Waals surface area contributed by atoms with Crippen LogP contribution < -0.4 is 4.74 Å². The maximum Gasteiger partial charge on any atom is 0.201 e. The van der Waals surface area contributed by atoms with E-state index in [0.717, 1.165) is 4.88 Å². The molecule has 0 bridgehead atoms. The third-order valence-electron chi connectivity index (χ3n) is 1.19. The number of ether oxygens (including phenoxy) is 1. The van der Waals surface area contributed by atoms with Crippen molar-refractivity contribution in [2.75, 3.05) is 0 Å². The normalized spacial score (nSPS) is 11.2. The number of aryl methyl sites for hydroxylation is 1. The second kappa shape index (κ2) is 3.92. The van der Waals surface area contributed by atoms with E-state index in [9.17, 15) is 4.79 Å². The Morgan fingerprint density at radius 3 is 2.92 bits per heavy atom. The Kier molecular flexibility index (Phi) is 2.88. The largest absolute Gasteiger partial charge is 0.512 e. The van der Waals surface area contributed by atoms with Gasteiger partial charge in [0.1, 0.15) is 12.0 Å². The molecule has 0 aromatic carbocycles. The highest BCUT2D eigenvalue weighted by atomic mass is 32.1. The molecule has 0 aliphatic rings. The predicted molar refractivity (Wildman–Crippen MR) is 46.5 cm³/mol. The van der Waals surface area contributed by atoms with Gasteiger partial charge >= 0.3 is 0 Å². The summed E-state index contributed by atoms with van der Waals surface area (Å²) >= 11 is 1.52. The number of hydrogen-bond acceptors (Lipinski definition) is 4. The zero-order valence-electron chi connectivity index (χ0n) is 6.48. The van der Waals surface area contributed by atoms with Crippen LogP contribution in [0.15, 0.2) is 23.5 Å². The van der Waals surface area contributed by atoms with Crippen molar-refractivity contribution in [1.82, 2.24) is 0 Å². The summed E-state index contributed by atoms with van der Waals surface area (Å²) in [6.45, 7) is 1.93. The van der Waals surface area contributed by atoms with Crippen molar-refractivity contribution in [2.45, 2.75) is 6.92 Å². The molecule has 1 heterocycles. The number of aliphatic hydroxyl groups is 1. The molecule has 0 unspecified atom stereocenters. The molecule has 0 amide bonds. The van der Waals surface area contributed by atoms with Crippen molar-refractivity contribution < 1.29 is 14.6 Å². The van der Waals surface area contributed by atoms with Crippen molar-refractivity contribution in [1.29, 1.82) is 0 Å². The minimum absolute atomic E-state index is 0.0900. The van der Waals surface area contributed by atoms with Crippen molar-refractivity contribution in [3.05, 3.63) is 28.3 Å². The standard InChI is InChI=1S/C8H8O3S/c1-6-2-7(5-12-6)11-8(3-9)4-10/h2-5,9H,1H3/b8-3+. The number of allylic oxidation sites excluding steroid dienone is 1. The first-order valence-corrected chi connectivity index (χ1v) is 4.17. The van der Waals surface area contributed by atoms with Gasteiger partial charge in [0.15, 0.2) is 6.29 Å². The fourth-order valence-electron chi connectivity index (χ4n) is 0.690. The topological polar surface area (TPSA) is 46.5 Å². The Morgan fingerprint density at radius 2 is 2.50 bits per heavy atom. The monoisotopic (exact) mass is 184 g/mol. The van der Waals surface area contributed by atoms with Gasteiger partial charge in [0, 0.05) is 10.3 Å². The molecule has 0 fully saturated rings. The van der Waals surface area contributed by atoms with Gasteiger partial charge in [0.2, 0.25) is 5.76 Å². The lowest BCUT2D eigenvalue weighted by molar-refractivity contribution is -0.106. The minimum Gasteiger partial charge on any atom is -0.512 e. The fourth-order valence-corrected chi connectivity index (χ4v) is 1.29. The van der Waals surface area contributed by atoms with E-state index in [2.05, 4.69) is 0 Å². The van der Waals surface area contributed by atoms with Crippen LogP contribution in [-0.4, -0.2) is 11.4 Å². The molecule has 0 spiro atoms. The molecule has 0 saturated carbocycles. The van der Waals surface area contributed by atoms with Crippen molar-refractivity contribution >= 4 is 17.6 Å². The number of hydrogen-bond donors (Lipinski definition) is 1. The summed E-state index contributed by atoms with van der Waals surface area (Å²) in [5.41, 5.74) is 0. The molecule has 0 aliphatic heterocycles. The third-order valence-corrected chi connectivity index (χ3v) is 2.03. The summed E-state index contributed by atoms with van der Waals surface area (Å²) in [5, 5.41) is 10.2. The Balaban J connectivity index is 2.69. The first-order valence-electron chi connectivity index (χ1n) is 3.29. The number of carbonyl (C=O) groups excluding carboxylic acids is 1. The molecule has 64 valence electrons. The van der Waals surface area contributed by atoms with Gasteiger partial charge in [-0.1, -0.05) is 0 Å². The van der Waals surface area contributed by atoms with E-state index in [1.165, 1.54) is 11.3 Å². The number of aldehydes is 1. The molecular weight excluding hydrogens is 176 g/mol. The molecule has 0 radical (unpaired) electrons. The summed E-state index contributed by atoms with van der Waals surface area (Å²) in [6, 6.07) is 1.79. The van der Waals surface area contributed by atoms with Gasteiger partial charge in [0.05, 0.1) is 0 Å². The maximum atomic E-state index is 10.2. The average molecular weight is 184 g/mol. The van der Waals surface area contributed by atoms with E-state index < -0.39 is 0 Å². The third kappa shape index (κ3) is 2.10. The summed E-state index contributed by atoms with van der Waals surface area (Å²) in [7, 11) is 0. The Bertz CT molecular complexity index is 301. The SMILES string of the molecule is Cc1cc(O/C(C=O)=C/O)cs1. The molecular formula is C8H8O3S. The molecule has 0 aliphatic carbocycles. The minimum atomic E-state index is -0.0900. The first kappa shape index (κ1) is 8.80. The molecule has 1 aromatic rings. The predicted octanol–water partition coefficient (Wildman–Crippen LogP) is 2.03. The van der Waals surface area contributed by atoms with Gasteiger partial charge in [0.25, 0.3) is 0 Å². The molecule has 1 rings (SSSR count). The second-order valence-electron chi connectivity index (χ2n) is 2.14. The van der Waals surface area contributed by atoms with E-state index in [4.69, 9.17) is 9.84 Å². The van der Waals surface area contributed by atoms with Crippen LogP contribution in [0.25, 0.3) is 0 Å². The average Bonchev–Trinajstić information content (AvgIpc) is 2.47. The van der Waals surface area contributed by atoms with Gasteiger partial charge in [-0.25, -0.2) is 0 Å². The van der Waals surface area contributed by atoms with Crippen LogP contribution in [0.2, 0.25) is 0 Å². The zero-order chi connectivity index (χ0) is 8.97. The van der Waals surface area contributed by atoms with Gasteiger partial charge in [-0.05, 0) is 13.0 Å². The quantitative estimate of drug-likeness (QED) is 0.444. The lowest BCUT2D eigenvalue weighted by Crippen LogP contribution is -1.94. The lowest BCUT2D eigenvalue weighted by atomic mass is 10.5. The summed E-state index contributed by atoms with van der Waals surface area (Å²) in [4.78, 5) is 11.3. The van der Waals surface area contributed by atoms with Crippen LogP contribution >= 0.6 is 11.3 Å². The van der Waals surface area contributed by atoms with Crippen molar-refractivity contribution in [2.24, 2.45) is 0 Å². The summed E-state index contributed by atoms with van der Waals surface area (Å²) in [6.07, 6.45) is 1.09. The first-order chi connectivity index (χ1) is 5.76. The highest BCUT2D eigenvalue weighted by Gasteiger charge is 2.00. The van der Waals surface area contributed by atoms with Crippen LogP contribution in [-0.2, 0) is 4.79 Å². The van der Waals surface area contributed by atoms with Crippen molar-refractivity contribution in [3.8, 4) is 5.75 Å². The Morgan fingerprint density at radius 1 is 1.75 bits per heavy atom. The Hall–Kier alpha value is -1.29. The molecule has 0 atom stereocenters. The molecule has 1 aromatic heterocycles. The smallest absolute Gasteiger partial charge is 0.201 e. The number of aliphatic hydroxyl groups excluding tert-OH is 1. The maximum absolute atomic E-state index is 10.2. The highest BCUT2D eigenvalue weighted by molar-refractivity contribution is 7.10. The van der Waals surface area contributed by atoms with Gasteiger partial charge in [-0.15, -0.1) is 11.3 Å². The van der Waals surface area contributed by atoms with Gasteiger partial charge in [-0.3, -0.25) is 4.79 Å². The molecule has 1 N–H and O–H groups in total. The Labute approximate surface area is 73.9 Å². The highest BCUT2D eigenvalue weighted by Crippen LogP contribution is 2.21. The van der Waals surface area contributed by atoms with E-state index in [-0.39, 0.29) is 5.76 Å². The van der Waals surface area contributed by atoms with E-state index in [1.54, 1.807) is 11.4 Å². The van der Waals surface area contributed by atoms with E-state index >= 15 is 0 Å². The number of thiophene rings is 1. The van der Waals surface area contributed by atoms with Crippen LogP contribution in [0.4, 0.5) is 0 Å². The van der Waals surface area contributed by atoms with Crippen LogP contribution in [0.5, 0.6) is 5.75 Å². The van der Waals surface area contributed by atoms with E-state index in [1.807, 2.05) is 6.92 Å². The van der Waals surface area contributed by atoms with E-state index in [0.29, 0.717) is 18.3 Å². The summed E-state index contributed by atoms with van der Waals surface area (Å²) in [5.74, 6) is 0.484. The fraction of sp³-hybridized carbons (Fsp3) is 0.125. The van der Waals surface area contributed by atoms with Crippen molar-refractivity contribution in [3.63, 3.8) is 0 Å². The number of rotatable bonds is 3. The zero-order valence-corrected chi connectivity index (χ0v) is 7.30. The van der Waals surface area contributed by atoms with Crippen LogP contribution in [0, 0.1) is 6.92 Å². The second-order valence-corrected chi connectivity index (χ2v) is 3.26. The van der Waals surface area contributed by atoms with Crippen LogP contribution in [0.1, 0.15) is 4.88 Å². The summed E-state index contributed by atoms with van der Waals surface area (Å²) < 4.78 is 4.99. The van der Waals surface area contributed by atoms with Gasteiger partial charge < -0.3 is 9.84 Å². The lowest BCUT2D eigenvalue weighted by Gasteiger charge is -1.97. The molecule has 12 heavy (non-hydrogen) atoms. The molecule has 3 nitrogen and oxygen atoms in total. The molecule has 4 heteroatoms. The van der Waals surface area contributed by atoms with Gasteiger partial charge in [-0.2, -0.15) is 0 Å². The number of carbonyl (C=O) groups is 1. The van der Waals surface area contributed by atoms with Crippen LogP contribution in [0.3, 0.4) is 0 Å². The molecule has 0 saturated heterocycles.